The minimum atomic E-state index is -0.724. The van der Waals surface area contributed by atoms with Gasteiger partial charge in [0.1, 0.15) is 18.7 Å². The maximum Gasteiger partial charge on any atom is 0.181 e. The Morgan fingerprint density at radius 1 is 1.53 bits per heavy atom. The zero-order valence-corrected chi connectivity index (χ0v) is 11.4. The van der Waals surface area contributed by atoms with Crippen LogP contribution in [0, 0.1) is 0 Å². The molecule has 2 aromatic rings. The molecule has 1 saturated heterocycles. The van der Waals surface area contributed by atoms with Gasteiger partial charge in [-0.15, -0.1) is 0 Å². The second-order valence-electron chi connectivity index (χ2n) is 4.30. The number of imidazole rings is 1. The van der Waals surface area contributed by atoms with Gasteiger partial charge in [0, 0.05) is 6.42 Å². The smallest absolute Gasteiger partial charge is 0.181 e. The number of hydrogen-bond acceptors (Lipinski definition) is 7. The molecule has 0 amide bonds. The fraction of sp³-hybridized carbons (Fsp3) is 0.500. The van der Waals surface area contributed by atoms with E-state index >= 15 is 0 Å². The third-order valence-corrected chi connectivity index (χ3v) is 3.69. The first-order chi connectivity index (χ1) is 9.11. The Kier molecular flexibility index (Phi) is 3.13. The average molecular weight is 330 g/mol. The highest BCUT2D eigenvalue weighted by Crippen LogP contribution is 2.34. The van der Waals surface area contributed by atoms with Gasteiger partial charge in [0.15, 0.2) is 21.7 Å². The van der Waals surface area contributed by atoms with Crippen molar-refractivity contribution < 1.29 is 14.9 Å². The monoisotopic (exact) mass is 329 g/mol. The van der Waals surface area contributed by atoms with Crippen LogP contribution in [0.25, 0.3) is 11.2 Å². The number of fused-ring (bicyclic) bond motifs is 1. The van der Waals surface area contributed by atoms with E-state index in [1.165, 1.54) is 6.33 Å². The van der Waals surface area contributed by atoms with Crippen molar-refractivity contribution in [2.24, 2.45) is 0 Å². The molecule has 1 aliphatic rings. The normalized spacial score (nSPS) is 27.2. The minimum absolute atomic E-state index is 0.237. The largest absolute Gasteiger partial charge is 0.394 e. The fourth-order valence-corrected chi connectivity index (χ4v) is 2.77. The summed E-state index contributed by atoms with van der Waals surface area (Å²) in [4.78, 5) is 12.3. The van der Waals surface area contributed by atoms with Crippen LogP contribution >= 0.6 is 15.9 Å². The molecule has 0 unspecified atom stereocenters. The van der Waals surface area contributed by atoms with E-state index in [4.69, 9.17) is 15.6 Å². The summed E-state index contributed by atoms with van der Waals surface area (Å²) in [6.45, 7) is -0.237. The Balaban J connectivity index is 2.06. The topological polar surface area (TPSA) is 119 Å². The van der Waals surface area contributed by atoms with Crippen LogP contribution in [-0.2, 0) is 4.74 Å². The lowest BCUT2D eigenvalue weighted by Crippen LogP contribution is -2.24. The van der Waals surface area contributed by atoms with Crippen LogP contribution in [0.2, 0.25) is 0 Å². The number of aliphatic hydroxyl groups is 2. The molecule has 0 bridgehead atoms. The number of nitrogens with zero attached hydrogens (tertiary/aromatic N) is 4. The first-order valence-electron chi connectivity index (χ1n) is 5.70. The van der Waals surface area contributed by atoms with Crippen molar-refractivity contribution in [3.63, 3.8) is 0 Å². The highest BCUT2D eigenvalue weighted by molar-refractivity contribution is 9.10. The molecule has 3 atom stereocenters. The van der Waals surface area contributed by atoms with Crippen LogP contribution in [0.3, 0.4) is 0 Å². The summed E-state index contributed by atoms with van der Waals surface area (Å²) in [5.41, 5.74) is 6.74. The maximum absolute atomic E-state index is 9.78. The Hall–Kier alpha value is -1.29. The van der Waals surface area contributed by atoms with E-state index < -0.39 is 18.4 Å². The molecule has 4 N–H and O–H groups in total. The van der Waals surface area contributed by atoms with Gasteiger partial charge in [0.05, 0.1) is 12.7 Å². The summed E-state index contributed by atoms with van der Waals surface area (Å²) in [5, 5.41) is 18.9. The number of aromatic nitrogens is 4. The van der Waals surface area contributed by atoms with Gasteiger partial charge in [-0.05, 0) is 15.9 Å². The first-order valence-corrected chi connectivity index (χ1v) is 6.49. The zero-order valence-electron chi connectivity index (χ0n) is 9.77. The lowest BCUT2D eigenvalue weighted by Gasteiger charge is -2.14. The van der Waals surface area contributed by atoms with E-state index in [0.29, 0.717) is 22.3 Å². The fourth-order valence-electron chi connectivity index (χ4n) is 2.19. The summed E-state index contributed by atoms with van der Waals surface area (Å²) in [5.74, 6) is 0.279. The Morgan fingerprint density at radius 3 is 3.00 bits per heavy atom. The van der Waals surface area contributed by atoms with Crippen molar-refractivity contribution in [3.05, 3.63) is 11.1 Å². The van der Waals surface area contributed by atoms with E-state index in [2.05, 4.69) is 30.9 Å². The number of nitrogen functional groups attached to an aromatic ring is 1. The maximum atomic E-state index is 9.78. The summed E-state index contributed by atoms with van der Waals surface area (Å²) in [6.07, 6.45) is -0.0935. The predicted octanol–water partition coefficient (Wildman–Crippen LogP) is -0.188. The molecule has 1 aliphatic heterocycles. The van der Waals surface area contributed by atoms with Crippen molar-refractivity contribution >= 4 is 32.9 Å². The molecule has 8 nitrogen and oxygen atoms in total. The molecule has 1 fully saturated rings. The molecule has 0 spiro atoms. The van der Waals surface area contributed by atoms with Crippen molar-refractivity contribution in [1.82, 2.24) is 19.5 Å². The SMILES string of the molecule is Nc1ncnc2c1nc(Br)n2[C@@H]1C[C@@H](O)[C@@H](CO)O1. The van der Waals surface area contributed by atoms with Crippen LogP contribution in [0.1, 0.15) is 12.6 Å². The zero-order chi connectivity index (χ0) is 13.6. The van der Waals surface area contributed by atoms with Gasteiger partial charge >= 0.3 is 0 Å². The van der Waals surface area contributed by atoms with Crippen LogP contribution in [0.5, 0.6) is 0 Å². The van der Waals surface area contributed by atoms with Crippen molar-refractivity contribution in [2.45, 2.75) is 24.9 Å². The number of anilines is 1. The number of aliphatic hydroxyl groups excluding tert-OH is 2. The van der Waals surface area contributed by atoms with E-state index in [1.54, 1.807) is 4.57 Å². The highest BCUT2D eigenvalue weighted by atomic mass is 79.9. The molecular weight excluding hydrogens is 318 g/mol. The van der Waals surface area contributed by atoms with Gasteiger partial charge in [-0.25, -0.2) is 15.0 Å². The van der Waals surface area contributed by atoms with Gasteiger partial charge in [-0.1, -0.05) is 0 Å². The van der Waals surface area contributed by atoms with Crippen molar-refractivity contribution in [3.8, 4) is 0 Å². The second-order valence-corrected chi connectivity index (χ2v) is 5.01. The molecule has 0 saturated carbocycles. The van der Waals surface area contributed by atoms with E-state index in [-0.39, 0.29) is 12.4 Å². The molecule has 2 aromatic heterocycles. The van der Waals surface area contributed by atoms with Gasteiger partial charge in [-0.3, -0.25) is 4.57 Å². The molecule has 19 heavy (non-hydrogen) atoms. The first kappa shape index (κ1) is 12.7. The average Bonchev–Trinajstić information content (AvgIpc) is 2.90. The second kappa shape index (κ2) is 4.67. The Morgan fingerprint density at radius 2 is 2.32 bits per heavy atom. The predicted molar refractivity (Wildman–Crippen MR) is 69.1 cm³/mol. The molecule has 9 heteroatoms. The van der Waals surface area contributed by atoms with Crippen LogP contribution < -0.4 is 5.73 Å². The van der Waals surface area contributed by atoms with Crippen LogP contribution in [0.15, 0.2) is 11.1 Å². The third-order valence-electron chi connectivity index (χ3n) is 3.13. The third kappa shape index (κ3) is 1.98. The van der Waals surface area contributed by atoms with E-state index in [0.717, 1.165) is 0 Å². The number of halogens is 1. The standard InChI is InChI=1S/C10H12BrN5O3/c11-10-15-7-8(12)13-3-14-9(7)16(10)6-1-4(18)5(2-17)19-6/h3-6,17-18H,1-2H2,(H2,12,13,14)/t4-,5-,6+/m1/s1. The molecular formula is C10H12BrN5O3. The summed E-state index contributed by atoms with van der Waals surface area (Å²) < 4.78 is 7.77. The molecule has 102 valence electrons. The van der Waals surface area contributed by atoms with Gasteiger partial charge in [0.2, 0.25) is 0 Å². The summed E-state index contributed by atoms with van der Waals surface area (Å²) >= 11 is 3.32. The van der Waals surface area contributed by atoms with Crippen LogP contribution in [-0.4, -0.2) is 48.5 Å². The molecule has 0 radical (unpaired) electrons. The minimum Gasteiger partial charge on any atom is -0.394 e. The molecule has 3 rings (SSSR count). The van der Waals surface area contributed by atoms with Gasteiger partial charge < -0.3 is 20.7 Å². The lowest BCUT2D eigenvalue weighted by atomic mass is 10.2. The number of nitrogens with two attached hydrogens (primary N) is 1. The molecule has 0 aliphatic carbocycles. The Bertz CT molecular complexity index is 618. The van der Waals surface area contributed by atoms with Gasteiger partial charge in [-0.2, -0.15) is 0 Å². The van der Waals surface area contributed by atoms with Crippen LogP contribution in [0.4, 0.5) is 5.82 Å². The van der Waals surface area contributed by atoms with Gasteiger partial charge in [0.25, 0.3) is 0 Å². The summed E-state index contributed by atoms with van der Waals surface area (Å²) in [7, 11) is 0. The molecule has 3 heterocycles. The number of rotatable bonds is 2. The summed E-state index contributed by atoms with van der Waals surface area (Å²) in [6, 6.07) is 0. The molecule has 0 aromatic carbocycles. The van der Waals surface area contributed by atoms with E-state index in [9.17, 15) is 5.11 Å². The van der Waals surface area contributed by atoms with Crippen molar-refractivity contribution in [2.75, 3.05) is 12.3 Å². The number of ether oxygens (including phenoxy) is 1. The number of hydrogen-bond donors (Lipinski definition) is 3. The highest BCUT2D eigenvalue weighted by Gasteiger charge is 2.36. The van der Waals surface area contributed by atoms with Crippen molar-refractivity contribution in [1.29, 1.82) is 0 Å². The quantitative estimate of drug-likeness (QED) is 0.653. The Labute approximate surface area is 116 Å². The van der Waals surface area contributed by atoms with E-state index in [1.807, 2.05) is 0 Å². The lowest BCUT2D eigenvalue weighted by molar-refractivity contribution is -0.0439.